The van der Waals surface area contributed by atoms with E-state index in [0.717, 1.165) is 27.3 Å². The van der Waals surface area contributed by atoms with E-state index in [1.165, 1.54) is 4.90 Å². The lowest BCUT2D eigenvalue weighted by Crippen LogP contribution is -2.57. The van der Waals surface area contributed by atoms with Gasteiger partial charge in [-0.25, -0.2) is 9.37 Å². The molecule has 300 valence electrons. The highest BCUT2D eigenvalue weighted by Gasteiger charge is 2.44. The van der Waals surface area contributed by atoms with Gasteiger partial charge in [0.05, 0.1) is 34.8 Å². The van der Waals surface area contributed by atoms with E-state index in [4.69, 9.17) is 10.5 Å². The zero-order valence-electron chi connectivity index (χ0n) is 33.2. The number of aryl methyl sites for hydroxylation is 2. The summed E-state index contributed by atoms with van der Waals surface area (Å²) in [6.07, 6.45) is 2.58. The number of aliphatic hydroxyl groups is 1. The summed E-state index contributed by atoms with van der Waals surface area (Å²) in [6.45, 7) is 13.5. The molecule has 3 aromatic rings. The number of β-amino-alcohol motifs (C(OH)–C–C–N with tert-alkyl or cyclic N) is 1. The van der Waals surface area contributed by atoms with Crippen LogP contribution in [0.5, 0.6) is 5.75 Å². The number of carbonyl (C=O) groups is 4. The van der Waals surface area contributed by atoms with Crippen LogP contribution in [-0.4, -0.2) is 70.0 Å². The lowest BCUT2D eigenvalue weighted by atomic mass is 9.85. The van der Waals surface area contributed by atoms with E-state index in [1.54, 1.807) is 17.4 Å². The fraction of sp³-hybridized carbons (Fsp3) is 0.548. The monoisotopic (exact) mass is 779 g/mol. The van der Waals surface area contributed by atoms with Gasteiger partial charge in [0.1, 0.15) is 12.1 Å². The molecule has 11 nitrogen and oxygen atoms in total. The molecule has 5 N–H and O–H groups in total. The standard InChI is InChI=1S/C42H58FN5O6S/c1-25(13-20-35(44)50)23-54-34-19-14-26(2)32(37(34)43)11-9-8-10-12-36(51)47-39(42(5,6)7)41(53)48-22-31(49)21-33(48)40(52)46-27(3)29-15-17-30(18-16-29)38-28(4)45-24-55-38/h14-19,24-25,27,31,33,39,49H,8-13,20-23H2,1-7H3,(H2,44,50)(H,46,52)(H,47,51)/t25-,27-,31+,33-,39+/m0/s1. The van der Waals surface area contributed by atoms with Crippen LogP contribution in [0.3, 0.4) is 0 Å². The molecule has 0 aliphatic carbocycles. The van der Waals surface area contributed by atoms with Crippen LogP contribution in [0.2, 0.25) is 0 Å². The molecule has 0 spiro atoms. The Balaban J connectivity index is 1.29. The van der Waals surface area contributed by atoms with Crippen molar-refractivity contribution in [2.24, 2.45) is 17.1 Å². The molecule has 2 heterocycles. The van der Waals surface area contributed by atoms with E-state index in [9.17, 15) is 24.3 Å². The number of ether oxygens (including phenoxy) is 1. The van der Waals surface area contributed by atoms with Crippen molar-refractivity contribution in [2.45, 2.75) is 124 Å². The Labute approximate surface area is 328 Å². The number of aliphatic hydroxyl groups excluding tert-OH is 1. The number of benzene rings is 2. The van der Waals surface area contributed by atoms with Gasteiger partial charge in [-0.1, -0.05) is 64.4 Å². The number of rotatable bonds is 18. The molecule has 0 radical (unpaired) electrons. The summed E-state index contributed by atoms with van der Waals surface area (Å²) in [5, 5.41) is 16.5. The molecular formula is C42H58FN5O6S. The van der Waals surface area contributed by atoms with Gasteiger partial charge in [0.25, 0.3) is 0 Å². The lowest BCUT2D eigenvalue weighted by molar-refractivity contribution is -0.144. The summed E-state index contributed by atoms with van der Waals surface area (Å²) >= 11 is 1.57. The van der Waals surface area contributed by atoms with E-state index in [1.807, 2.05) is 84.3 Å². The summed E-state index contributed by atoms with van der Waals surface area (Å²) in [5.41, 5.74) is 10.7. The number of likely N-dealkylation sites (tertiary alicyclic amines) is 1. The van der Waals surface area contributed by atoms with Crippen LogP contribution >= 0.6 is 11.3 Å². The van der Waals surface area contributed by atoms with Gasteiger partial charge in [-0.2, -0.15) is 0 Å². The molecule has 1 aromatic heterocycles. The van der Waals surface area contributed by atoms with Crippen molar-refractivity contribution < 1.29 is 33.4 Å². The highest BCUT2D eigenvalue weighted by Crippen LogP contribution is 2.30. The highest BCUT2D eigenvalue weighted by molar-refractivity contribution is 7.13. The number of nitrogens with zero attached hydrogens (tertiary/aromatic N) is 2. The van der Waals surface area contributed by atoms with Crippen molar-refractivity contribution in [1.29, 1.82) is 0 Å². The number of aromatic nitrogens is 1. The molecule has 1 aliphatic heterocycles. The fourth-order valence-electron chi connectivity index (χ4n) is 6.83. The minimum absolute atomic E-state index is 0.00676. The predicted octanol–water partition coefficient (Wildman–Crippen LogP) is 6.32. The summed E-state index contributed by atoms with van der Waals surface area (Å²) in [4.78, 5) is 58.7. The van der Waals surface area contributed by atoms with Crippen molar-refractivity contribution in [2.75, 3.05) is 13.2 Å². The molecule has 1 fully saturated rings. The van der Waals surface area contributed by atoms with Gasteiger partial charge in [-0.3, -0.25) is 19.2 Å². The SMILES string of the molecule is Cc1ccc(OC[C@@H](C)CCC(N)=O)c(F)c1CCCCCC(=O)N[C@H](C(=O)N1C[C@H](O)C[C@H]1C(=O)N[C@@H](C)c1ccc(-c2scnc2C)cc1)C(C)(C)C. The summed E-state index contributed by atoms with van der Waals surface area (Å²) < 4.78 is 21.1. The average Bonchev–Trinajstić information content (AvgIpc) is 3.74. The van der Waals surface area contributed by atoms with Crippen LogP contribution in [0.15, 0.2) is 41.9 Å². The third-order valence-electron chi connectivity index (χ3n) is 10.2. The van der Waals surface area contributed by atoms with Crippen LogP contribution in [-0.2, 0) is 25.6 Å². The number of nitrogens with one attached hydrogen (secondary N) is 2. The maximum atomic E-state index is 15.4. The Bertz CT molecular complexity index is 1790. The largest absolute Gasteiger partial charge is 0.490 e. The number of hydrogen-bond donors (Lipinski definition) is 4. The van der Waals surface area contributed by atoms with Gasteiger partial charge < -0.3 is 31.1 Å². The first-order chi connectivity index (χ1) is 26.0. The summed E-state index contributed by atoms with van der Waals surface area (Å²) in [7, 11) is 0. The van der Waals surface area contributed by atoms with Crippen molar-refractivity contribution >= 4 is 35.0 Å². The van der Waals surface area contributed by atoms with E-state index in [2.05, 4.69) is 15.6 Å². The second-order valence-corrected chi connectivity index (χ2v) is 16.9. The van der Waals surface area contributed by atoms with Crippen molar-refractivity contribution in [3.05, 3.63) is 70.1 Å². The van der Waals surface area contributed by atoms with E-state index in [-0.39, 0.29) is 67.8 Å². The number of amides is 4. The molecule has 0 bridgehead atoms. The molecule has 4 amide bonds. The topological polar surface area (TPSA) is 164 Å². The van der Waals surface area contributed by atoms with Crippen molar-refractivity contribution in [3.8, 4) is 16.2 Å². The zero-order valence-corrected chi connectivity index (χ0v) is 34.1. The molecule has 2 aromatic carbocycles. The molecule has 13 heteroatoms. The minimum atomic E-state index is -0.918. The van der Waals surface area contributed by atoms with Crippen LogP contribution < -0.4 is 21.1 Å². The summed E-state index contributed by atoms with van der Waals surface area (Å²) in [6, 6.07) is 9.23. The molecule has 55 heavy (non-hydrogen) atoms. The van der Waals surface area contributed by atoms with E-state index in [0.29, 0.717) is 37.7 Å². The number of unbranched alkanes of at least 4 members (excludes halogenated alkanes) is 2. The minimum Gasteiger partial charge on any atom is -0.490 e. The molecule has 1 aliphatic rings. The second-order valence-electron chi connectivity index (χ2n) is 16.0. The van der Waals surface area contributed by atoms with Gasteiger partial charge in [-0.05, 0) is 86.1 Å². The van der Waals surface area contributed by atoms with Gasteiger partial charge >= 0.3 is 0 Å². The third kappa shape index (κ3) is 12.1. The summed E-state index contributed by atoms with van der Waals surface area (Å²) in [5.74, 6) is -1.61. The van der Waals surface area contributed by atoms with Crippen LogP contribution in [0.4, 0.5) is 4.39 Å². The maximum absolute atomic E-state index is 15.4. The Hall–Kier alpha value is -4.36. The van der Waals surface area contributed by atoms with Gasteiger partial charge in [0, 0.05) is 25.8 Å². The molecule has 5 atom stereocenters. The van der Waals surface area contributed by atoms with Gasteiger partial charge in [0.15, 0.2) is 11.6 Å². The quantitative estimate of drug-likeness (QED) is 0.110. The van der Waals surface area contributed by atoms with Crippen LogP contribution in [0, 0.1) is 31.0 Å². The Morgan fingerprint density at radius 2 is 1.75 bits per heavy atom. The third-order valence-corrected chi connectivity index (χ3v) is 11.2. The molecule has 1 saturated heterocycles. The zero-order chi connectivity index (χ0) is 40.4. The van der Waals surface area contributed by atoms with Gasteiger partial charge in [0.2, 0.25) is 23.6 Å². The number of thiazole rings is 1. The Kier molecular flexibility index (Phi) is 15.4. The first kappa shape index (κ1) is 43.4. The molecule has 0 unspecified atom stereocenters. The van der Waals surface area contributed by atoms with E-state index < -0.39 is 35.3 Å². The van der Waals surface area contributed by atoms with Crippen LogP contribution in [0.1, 0.15) is 108 Å². The average molecular weight is 780 g/mol. The fourth-order valence-corrected chi connectivity index (χ4v) is 7.64. The first-order valence-corrected chi connectivity index (χ1v) is 20.1. The normalized spacial score (nSPS) is 17.4. The smallest absolute Gasteiger partial charge is 0.246 e. The van der Waals surface area contributed by atoms with Crippen molar-refractivity contribution in [1.82, 2.24) is 20.5 Å². The first-order valence-electron chi connectivity index (χ1n) is 19.2. The van der Waals surface area contributed by atoms with Crippen molar-refractivity contribution in [3.63, 3.8) is 0 Å². The number of nitrogens with two attached hydrogens (primary N) is 1. The molecule has 0 saturated carbocycles. The van der Waals surface area contributed by atoms with Gasteiger partial charge in [-0.15, -0.1) is 11.3 Å². The maximum Gasteiger partial charge on any atom is 0.246 e. The predicted molar refractivity (Wildman–Crippen MR) is 213 cm³/mol. The number of hydrogen-bond acceptors (Lipinski definition) is 8. The van der Waals surface area contributed by atoms with E-state index >= 15 is 4.39 Å². The molecular weight excluding hydrogens is 722 g/mol. The highest BCUT2D eigenvalue weighted by atomic mass is 32.1. The van der Waals surface area contributed by atoms with Crippen LogP contribution in [0.25, 0.3) is 10.4 Å². The number of primary amides is 1. The second kappa shape index (κ2) is 19.5. The lowest BCUT2D eigenvalue weighted by Gasteiger charge is -2.35. The Morgan fingerprint density at radius 3 is 2.38 bits per heavy atom. The Morgan fingerprint density at radius 1 is 1.04 bits per heavy atom. The molecule has 4 rings (SSSR count). The number of carbonyl (C=O) groups excluding carboxylic acids is 4. The number of halogens is 1.